The third-order valence-corrected chi connectivity index (χ3v) is 12.0. The molecule has 2 saturated heterocycles. The zero-order valence-corrected chi connectivity index (χ0v) is 27.9. The fourth-order valence-corrected chi connectivity index (χ4v) is 8.68. The number of aromatic nitrogens is 1. The fourth-order valence-electron chi connectivity index (χ4n) is 8.15. The van der Waals surface area contributed by atoms with Crippen LogP contribution in [0.25, 0.3) is 28.2 Å². The van der Waals surface area contributed by atoms with Gasteiger partial charge in [-0.15, -0.1) is 0 Å². The van der Waals surface area contributed by atoms with Crippen molar-refractivity contribution in [3.8, 4) is 17.0 Å². The van der Waals surface area contributed by atoms with E-state index in [1.807, 2.05) is 24.3 Å². The maximum Gasteiger partial charge on any atom is 0.303 e. The standard InChI is InChI=1S/C35H43N5O5S/c1-5-38-20-27-18-26(38)21-39(27)35(42)25-15-24-16-28(45-4)12-14-29(24)33-32(22-9-7-6-8-10-22)30-13-11-23(17-31(30)40(33)19-25)34(41)36-46(43,44)37(2)3/h11-17,22,26-27H,5-10,18-21H2,1-4H3,(H,36,41). The van der Waals surface area contributed by atoms with Gasteiger partial charge in [-0.05, 0) is 79.3 Å². The van der Waals surface area contributed by atoms with Crippen molar-refractivity contribution in [2.24, 2.45) is 0 Å². The summed E-state index contributed by atoms with van der Waals surface area (Å²) < 4.78 is 36.0. The number of carbonyl (C=O) groups excluding carboxylic acids is 2. The van der Waals surface area contributed by atoms with Crippen LogP contribution in [0.15, 0.2) is 42.0 Å². The van der Waals surface area contributed by atoms with Gasteiger partial charge in [0.2, 0.25) is 0 Å². The highest BCUT2D eigenvalue weighted by atomic mass is 32.2. The summed E-state index contributed by atoms with van der Waals surface area (Å²) in [7, 11) is 0.448. The number of nitrogens with one attached hydrogen (secondary N) is 1. The lowest BCUT2D eigenvalue weighted by atomic mass is 9.81. The minimum absolute atomic E-state index is 0.0527. The van der Waals surface area contributed by atoms with Crippen molar-refractivity contribution < 1.29 is 22.7 Å². The molecule has 46 heavy (non-hydrogen) atoms. The van der Waals surface area contributed by atoms with Gasteiger partial charge < -0.3 is 14.2 Å². The molecule has 4 heterocycles. The number of hydrogen-bond acceptors (Lipinski definition) is 6. The van der Waals surface area contributed by atoms with E-state index >= 15 is 0 Å². The van der Waals surface area contributed by atoms with Gasteiger partial charge in [0.25, 0.3) is 11.8 Å². The second-order valence-electron chi connectivity index (χ2n) is 13.3. The van der Waals surface area contributed by atoms with Crippen LogP contribution in [0.4, 0.5) is 0 Å². The van der Waals surface area contributed by atoms with Gasteiger partial charge in [-0.25, -0.2) is 4.72 Å². The van der Waals surface area contributed by atoms with Crippen molar-refractivity contribution >= 4 is 39.0 Å². The van der Waals surface area contributed by atoms with Crippen molar-refractivity contribution in [1.29, 1.82) is 0 Å². The Labute approximate surface area is 271 Å². The fraction of sp³-hybridized carbons (Fsp3) is 0.486. The van der Waals surface area contributed by atoms with Gasteiger partial charge in [0.1, 0.15) is 5.75 Å². The van der Waals surface area contributed by atoms with Crippen LogP contribution < -0.4 is 9.46 Å². The summed E-state index contributed by atoms with van der Waals surface area (Å²) in [5.74, 6) is 0.426. The molecular formula is C35H43N5O5S. The molecule has 1 aliphatic carbocycles. The van der Waals surface area contributed by atoms with E-state index in [0.29, 0.717) is 24.1 Å². The molecule has 10 nitrogen and oxygen atoms in total. The first-order chi connectivity index (χ1) is 22.1. The molecule has 2 unspecified atom stereocenters. The van der Waals surface area contributed by atoms with E-state index in [1.54, 1.807) is 19.2 Å². The second kappa shape index (κ2) is 11.8. The highest BCUT2D eigenvalue weighted by Gasteiger charge is 2.45. The van der Waals surface area contributed by atoms with Crippen molar-refractivity contribution in [2.45, 2.75) is 70.0 Å². The molecule has 3 aromatic rings. The SMILES string of the molecule is CCN1CC2CC1CN2C(=O)C1=Cc2cc(OC)ccc2-c2c(C3CCCCC3)c3ccc(C(=O)NS(=O)(=O)N(C)C)cc3n2C1. The molecule has 244 valence electrons. The smallest absolute Gasteiger partial charge is 0.303 e. The number of nitrogens with zero attached hydrogens (tertiary/aromatic N) is 4. The maximum absolute atomic E-state index is 14.4. The third-order valence-electron chi connectivity index (χ3n) is 10.5. The summed E-state index contributed by atoms with van der Waals surface area (Å²) in [4.78, 5) is 32.2. The number of fused-ring (bicyclic) bond motifs is 7. The molecular weight excluding hydrogens is 602 g/mol. The van der Waals surface area contributed by atoms with E-state index in [0.717, 1.165) is 89.5 Å². The summed E-state index contributed by atoms with van der Waals surface area (Å²) in [5, 5.41) is 1.04. The predicted octanol–water partition coefficient (Wildman–Crippen LogP) is 4.60. The molecule has 1 saturated carbocycles. The van der Waals surface area contributed by atoms with E-state index in [1.165, 1.54) is 26.1 Å². The molecule has 1 aromatic heterocycles. The van der Waals surface area contributed by atoms with Crippen molar-refractivity contribution in [2.75, 3.05) is 40.8 Å². The van der Waals surface area contributed by atoms with Crippen LogP contribution in [0, 0.1) is 0 Å². The molecule has 4 aliphatic rings. The van der Waals surface area contributed by atoms with Crippen molar-refractivity contribution in [3.63, 3.8) is 0 Å². The Morgan fingerprint density at radius 3 is 2.48 bits per heavy atom. The minimum Gasteiger partial charge on any atom is -0.497 e. The van der Waals surface area contributed by atoms with Gasteiger partial charge in [-0.2, -0.15) is 12.7 Å². The van der Waals surface area contributed by atoms with Gasteiger partial charge in [0.05, 0.1) is 19.3 Å². The van der Waals surface area contributed by atoms with Crippen LogP contribution in [0.3, 0.4) is 0 Å². The average Bonchev–Trinajstić information content (AvgIpc) is 3.72. The van der Waals surface area contributed by atoms with E-state index in [9.17, 15) is 18.0 Å². The largest absolute Gasteiger partial charge is 0.497 e. The first-order valence-electron chi connectivity index (χ1n) is 16.4. The van der Waals surface area contributed by atoms with Crippen LogP contribution >= 0.6 is 0 Å². The molecule has 2 amide bonds. The molecule has 2 aromatic carbocycles. The molecule has 3 fully saturated rings. The predicted molar refractivity (Wildman–Crippen MR) is 179 cm³/mol. The summed E-state index contributed by atoms with van der Waals surface area (Å²) in [6.45, 7) is 5.16. The van der Waals surface area contributed by atoms with Gasteiger partial charge in [-0.3, -0.25) is 14.5 Å². The quantitative estimate of drug-likeness (QED) is 0.403. The van der Waals surface area contributed by atoms with Gasteiger partial charge >= 0.3 is 10.2 Å². The van der Waals surface area contributed by atoms with Crippen LogP contribution in [0.1, 0.15) is 72.9 Å². The van der Waals surface area contributed by atoms with Crippen LogP contribution in [-0.4, -0.2) is 91.8 Å². The van der Waals surface area contributed by atoms with E-state index in [-0.39, 0.29) is 17.5 Å². The average molecular weight is 646 g/mol. The molecule has 2 bridgehead atoms. The number of methoxy groups -OCH3 is 1. The molecule has 7 rings (SSSR count). The van der Waals surface area contributed by atoms with Gasteiger partial charge in [0, 0.05) is 66.9 Å². The Bertz CT molecular complexity index is 1860. The number of benzene rings is 2. The zero-order chi connectivity index (χ0) is 32.3. The topological polar surface area (TPSA) is 104 Å². The van der Waals surface area contributed by atoms with Crippen LogP contribution in [0.5, 0.6) is 5.75 Å². The Hall–Kier alpha value is -3.67. The highest BCUT2D eigenvalue weighted by molar-refractivity contribution is 7.87. The first-order valence-corrected chi connectivity index (χ1v) is 17.9. The number of piperazine rings is 1. The number of hydrogen-bond donors (Lipinski definition) is 1. The number of ether oxygens (including phenoxy) is 1. The van der Waals surface area contributed by atoms with Crippen molar-refractivity contribution in [1.82, 2.24) is 23.4 Å². The van der Waals surface area contributed by atoms with E-state index in [4.69, 9.17) is 4.74 Å². The lowest BCUT2D eigenvalue weighted by Crippen LogP contribution is -2.49. The van der Waals surface area contributed by atoms with Gasteiger partial charge in [0.15, 0.2) is 0 Å². The molecule has 11 heteroatoms. The maximum atomic E-state index is 14.4. The van der Waals surface area contributed by atoms with Crippen LogP contribution in [0.2, 0.25) is 0 Å². The van der Waals surface area contributed by atoms with Crippen LogP contribution in [-0.2, 0) is 21.5 Å². The Balaban J connectivity index is 1.39. The molecule has 0 spiro atoms. The Morgan fingerprint density at radius 2 is 1.80 bits per heavy atom. The molecule has 1 N–H and O–H groups in total. The summed E-state index contributed by atoms with van der Waals surface area (Å²) >= 11 is 0. The van der Waals surface area contributed by atoms with E-state index < -0.39 is 16.1 Å². The number of amides is 2. The minimum atomic E-state index is -3.97. The normalized spacial score (nSPS) is 21.7. The Morgan fingerprint density at radius 1 is 1.02 bits per heavy atom. The summed E-state index contributed by atoms with van der Waals surface area (Å²) in [6, 6.07) is 12.1. The first kappa shape index (κ1) is 31.0. The summed E-state index contributed by atoms with van der Waals surface area (Å²) in [5.41, 5.74) is 6.06. The highest BCUT2D eigenvalue weighted by Crippen LogP contribution is 2.47. The van der Waals surface area contributed by atoms with E-state index in [2.05, 4.69) is 32.1 Å². The lowest BCUT2D eigenvalue weighted by molar-refractivity contribution is -0.129. The number of rotatable bonds is 7. The lowest BCUT2D eigenvalue weighted by Gasteiger charge is -2.34. The third kappa shape index (κ3) is 5.22. The molecule has 2 atom stereocenters. The van der Waals surface area contributed by atoms with Crippen molar-refractivity contribution in [3.05, 3.63) is 58.7 Å². The number of carbonyl (C=O) groups is 2. The zero-order valence-electron chi connectivity index (χ0n) is 27.1. The number of likely N-dealkylation sites (N-methyl/N-ethyl adjacent to an activating group) is 1. The second-order valence-corrected chi connectivity index (χ2v) is 15.2. The molecule has 0 radical (unpaired) electrons. The molecule has 3 aliphatic heterocycles. The number of likely N-dealkylation sites (tertiary alicyclic amines) is 2. The Kier molecular flexibility index (Phi) is 7.97. The monoisotopic (exact) mass is 645 g/mol. The summed E-state index contributed by atoms with van der Waals surface area (Å²) in [6.07, 6.45) is 8.72. The van der Waals surface area contributed by atoms with Gasteiger partial charge in [-0.1, -0.05) is 32.3 Å².